The molecule has 2 aliphatic heterocycles. The largest absolute Gasteiger partial charge is 0.471 e. The normalized spacial score (nSPS) is 22.9. The minimum atomic E-state index is -0.383. The summed E-state index contributed by atoms with van der Waals surface area (Å²) in [5.41, 5.74) is 1.29. The van der Waals surface area contributed by atoms with Crippen LogP contribution in [0.15, 0.2) is 42.9 Å². The summed E-state index contributed by atoms with van der Waals surface area (Å²) in [6, 6.07) is 7.08. The lowest BCUT2D eigenvalue weighted by Crippen LogP contribution is -2.58. The molecule has 1 unspecified atom stereocenters. The minimum Gasteiger partial charge on any atom is -0.471 e. The lowest BCUT2D eigenvalue weighted by Gasteiger charge is -2.47. The van der Waals surface area contributed by atoms with Gasteiger partial charge in [0, 0.05) is 55.1 Å². The number of rotatable bonds is 4. The maximum absolute atomic E-state index is 13.6. The first-order valence-corrected chi connectivity index (χ1v) is 8.73. The van der Waals surface area contributed by atoms with Crippen LogP contribution in [0.1, 0.15) is 12.0 Å². The molecule has 1 atom stereocenters. The van der Waals surface area contributed by atoms with Crippen molar-refractivity contribution in [2.24, 2.45) is 0 Å². The van der Waals surface area contributed by atoms with Gasteiger partial charge in [-0.15, -0.1) is 11.8 Å². The van der Waals surface area contributed by atoms with E-state index in [1.807, 2.05) is 24.2 Å². The lowest BCUT2D eigenvalue weighted by molar-refractivity contribution is 0.0895. The van der Waals surface area contributed by atoms with Gasteiger partial charge in [0.05, 0.1) is 0 Å². The van der Waals surface area contributed by atoms with Crippen molar-refractivity contribution in [1.82, 2.24) is 14.9 Å². The van der Waals surface area contributed by atoms with Crippen molar-refractivity contribution in [2.75, 3.05) is 18.8 Å². The summed E-state index contributed by atoms with van der Waals surface area (Å²) in [7, 11) is 0. The number of halogens is 1. The Hall–Kier alpha value is -1.66. The SMILES string of the molecule is Fc1cccnc1OC1CSC2(C1)CN(Cc1ccncc1)C2. The van der Waals surface area contributed by atoms with E-state index in [1.165, 1.54) is 11.6 Å². The lowest BCUT2D eigenvalue weighted by atomic mass is 9.92. The molecule has 4 heterocycles. The second kappa shape index (κ2) is 6.09. The topological polar surface area (TPSA) is 38.2 Å². The van der Waals surface area contributed by atoms with Gasteiger partial charge in [-0.2, -0.15) is 0 Å². The van der Waals surface area contributed by atoms with E-state index in [1.54, 1.807) is 12.3 Å². The fraction of sp³-hybridized carbons (Fsp3) is 0.412. The summed E-state index contributed by atoms with van der Waals surface area (Å²) in [6.07, 6.45) is 6.24. The van der Waals surface area contributed by atoms with Crippen molar-refractivity contribution in [3.8, 4) is 5.88 Å². The van der Waals surface area contributed by atoms with E-state index in [9.17, 15) is 4.39 Å². The maximum atomic E-state index is 13.6. The van der Waals surface area contributed by atoms with Gasteiger partial charge in [0.2, 0.25) is 0 Å². The van der Waals surface area contributed by atoms with Crippen LogP contribution in [0, 0.1) is 5.82 Å². The van der Waals surface area contributed by atoms with Gasteiger partial charge in [0.15, 0.2) is 5.82 Å². The first-order chi connectivity index (χ1) is 11.2. The molecule has 4 rings (SSSR count). The number of aromatic nitrogens is 2. The van der Waals surface area contributed by atoms with Gasteiger partial charge < -0.3 is 4.74 Å². The van der Waals surface area contributed by atoms with Crippen molar-refractivity contribution < 1.29 is 9.13 Å². The van der Waals surface area contributed by atoms with Gasteiger partial charge in [-0.05, 0) is 29.8 Å². The Labute approximate surface area is 139 Å². The molecule has 0 aliphatic carbocycles. The highest BCUT2D eigenvalue weighted by Gasteiger charge is 2.49. The quantitative estimate of drug-likeness (QED) is 0.861. The fourth-order valence-corrected chi connectivity index (χ4v) is 4.92. The van der Waals surface area contributed by atoms with Crippen LogP contribution in [0.25, 0.3) is 0 Å². The molecule has 120 valence electrons. The van der Waals surface area contributed by atoms with Crippen LogP contribution in [0.4, 0.5) is 4.39 Å². The monoisotopic (exact) mass is 331 g/mol. The number of hydrogen-bond acceptors (Lipinski definition) is 5. The fourth-order valence-electron chi connectivity index (χ4n) is 3.34. The summed E-state index contributed by atoms with van der Waals surface area (Å²) >= 11 is 1.95. The van der Waals surface area contributed by atoms with Crippen LogP contribution in [0.5, 0.6) is 5.88 Å². The standard InChI is InChI=1S/C17H18FN3OS/c18-15-2-1-5-20-16(15)22-14-8-17(23-10-14)11-21(12-17)9-13-3-6-19-7-4-13/h1-7,14H,8-12H2. The molecule has 2 fully saturated rings. The molecule has 2 aromatic rings. The van der Waals surface area contributed by atoms with Crippen LogP contribution in [0.2, 0.25) is 0 Å². The van der Waals surface area contributed by atoms with Gasteiger partial charge in [0.1, 0.15) is 6.10 Å². The summed E-state index contributed by atoms with van der Waals surface area (Å²) in [5, 5.41) is 0. The minimum absolute atomic E-state index is 0.0486. The van der Waals surface area contributed by atoms with Gasteiger partial charge >= 0.3 is 0 Å². The summed E-state index contributed by atoms with van der Waals surface area (Å²) in [5.74, 6) is 0.647. The molecular weight excluding hydrogens is 313 g/mol. The molecule has 2 aliphatic rings. The molecule has 0 bridgehead atoms. The second-order valence-electron chi connectivity index (χ2n) is 6.23. The third kappa shape index (κ3) is 3.19. The van der Waals surface area contributed by atoms with Gasteiger partial charge in [0.25, 0.3) is 5.88 Å². The summed E-state index contributed by atoms with van der Waals surface area (Å²) in [6.45, 7) is 3.08. The Balaban J connectivity index is 1.31. The van der Waals surface area contributed by atoms with Crippen LogP contribution < -0.4 is 4.74 Å². The average Bonchev–Trinajstić information content (AvgIpc) is 2.94. The van der Waals surface area contributed by atoms with E-state index < -0.39 is 0 Å². The molecule has 4 nitrogen and oxygen atoms in total. The third-order valence-electron chi connectivity index (χ3n) is 4.36. The number of likely N-dealkylation sites (tertiary alicyclic amines) is 1. The molecule has 2 saturated heterocycles. The zero-order valence-electron chi connectivity index (χ0n) is 12.7. The van der Waals surface area contributed by atoms with E-state index in [0.717, 1.165) is 31.8 Å². The molecule has 0 saturated carbocycles. The van der Waals surface area contributed by atoms with Gasteiger partial charge in [-0.25, -0.2) is 9.37 Å². The van der Waals surface area contributed by atoms with Crippen LogP contribution in [-0.4, -0.2) is 44.6 Å². The van der Waals surface area contributed by atoms with Gasteiger partial charge in [-0.1, -0.05) is 0 Å². The Morgan fingerprint density at radius 2 is 2.09 bits per heavy atom. The Bertz CT molecular complexity index is 679. The highest BCUT2D eigenvalue weighted by Crippen LogP contribution is 2.46. The second-order valence-corrected chi connectivity index (χ2v) is 7.72. The first kappa shape index (κ1) is 14.9. The smallest absolute Gasteiger partial charge is 0.250 e. The number of thioether (sulfide) groups is 1. The number of hydrogen-bond donors (Lipinski definition) is 0. The van der Waals surface area contributed by atoms with E-state index in [0.29, 0.717) is 0 Å². The molecule has 0 N–H and O–H groups in total. The molecule has 2 aromatic heterocycles. The van der Waals surface area contributed by atoms with E-state index >= 15 is 0 Å². The number of ether oxygens (including phenoxy) is 1. The number of pyridine rings is 2. The number of nitrogens with zero attached hydrogens (tertiary/aromatic N) is 3. The van der Waals surface area contributed by atoms with Crippen molar-refractivity contribution in [1.29, 1.82) is 0 Å². The van der Waals surface area contributed by atoms with Crippen LogP contribution in [0.3, 0.4) is 0 Å². The first-order valence-electron chi connectivity index (χ1n) is 7.75. The van der Waals surface area contributed by atoms with Crippen LogP contribution >= 0.6 is 11.8 Å². The Morgan fingerprint density at radius 1 is 1.26 bits per heavy atom. The predicted octanol–water partition coefficient (Wildman–Crippen LogP) is 2.75. The average molecular weight is 331 g/mol. The Morgan fingerprint density at radius 3 is 2.87 bits per heavy atom. The molecule has 23 heavy (non-hydrogen) atoms. The van der Waals surface area contributed by atoms with Crippen molar-refractivity contribution in [2.45, 2.75) is 23.8 Å². The molecule has 0 radical (unpaired) electrons. The van der Waals surface area contributed by atoms with E-state index in [-0.39, 0.29) is 22.5 Å². The van der Waals surface area contributed by atoms with E-state index in [2.05, 4.69) is 27.0 Å². The highest BCUT2D eigenvalue weighted by molar-refractivity contribution is 8.01. The predicted molar refractivity (Wildman–Crippen MR) is 87.9 cm³/mol. The molecular formula is C17H18FN3OS. The van der Waals surface area contributed by atoms with Crippen molar-refractivity contribution in [3.05, 3.63) is 54.2 Å². The Kier molecular flexibility index (Phi) is 3.95. The highest BCUT2D eigenvalue weighted by atomic mass is 32.2. The van der Waals surface area contributed by atoms with Crippen molar-refractivity contribution >= 4 is 11.8 Å². The molecule has 6 heteroatoms. The zero-order chi connectivity index (χ0) is 15.7. The molecule has 0 amide bonds. The van der Waals surface area contributed by atoms with E-state index in [4.69, 9.17) is 4.74 Å². The van der Waals surface area contributed by atoms with Crippen molar-refractivity contribution in [3.63, 3.8) is 0 Å². The maximum Gasteiger partial charge on any atom is 0.250 e. The molecule has 1 spiro atoms. The van der Waals surface area contributed by atoms with Crippen LogP contribution in [-0.2, 0) is 6.54 Å². The van der Waals surface area contributed by atoms with Gasteiger partial charge in [-0.3, -0.25) is 9.88 Å². The zero-order valence-corrected chi connectivity index (χ0v) is 13.5. The third-order valence-corrected chi connectivity index (χ3v) is 5.93. The molecule has 0 aromatic carbocycles. The summed E-state index contributed by atoms with van der Waals surface area (Å²) in [4.78, 5) is 10.5. The summed E-state index contributed by atoms with van der Waals surface area (Å²) < 4.78 is 19.7.